The minimum atomic E-state index is -1.81. The Kier molecular flexibility index (Phi) is 16.2. The number of esters is 2. The minimum absolute atomic E-state index is 0.0828. The second-order valence-electron chi connectivity index (χ2n) is 16.5. The number of rotatable bonds is 12. The molecule has 3 aromatic carbocycles. The standard InChI is InChI=1S/C46H58N4O10/c1-5-13-35(41(53)43(55)47-28-38(52)50-40(32-17-10-7-11-18-32)45(57)60-46(2,3)4)48-42(54)36-27-30-14-12-19-34(26-30)58-33-23-20-29(21-24-33)22-25-37(51)49-39(44(56)59-36)31-15-8-6-9-16-31/h7,10-12,14,17-21,23-24,26,31,35-36,39-41,53H,5-6,8-9,13,15-16,22,25,27-28H2,1-4H3,(H,47,55)(H,48,54)(H,49,51)(H,50,52)/t35?,36?,39-,40?,41?/m0/s1. The summed E-state index contributed by atoms with van der Waals surface area (Å²) in [6.07, 6.45) is 2.11. The van der Waals surface area contributed by atoms with Gasteiger partial charge in [0.05, 0.1) is 12.6 Å². The molecule has 0 radical (unpaired) electrons. The van der Waals surface area contributed by atoms with E-state index >= 15 is 0 Å². The summed E-state index contributed by atoms with van der Waals surface area (Å²) in [6.45, 7) is 6.33. The van der Waals surface area contributed by atoms with Crippen molar-refractivity contribution in [3.8, 4) is 11.5 Å². The van der Waals surface area contributed by atoms with E-state index in [-0.39, 0.29) is 31.1 Å². The number of ether oxygens (including phenoxy) is 3. The van der Waals surface area contributed by atoms with Gasteiger partial charge >= 0.3 is 11.9 Å². The molecule has 3 aromatic rings. The van der Waals surface area contributed by atoms with Crippen LogP contribution in [0.25, 0.3) is 0 Å². The zero-order valence-corrected chi connectivity index (χ0v) is 34.9. The maximum Gasteiger partial charge on any atom is 0.333 e. The van der Waals surface area contributed by atoms with Gasteiger partial charge in [0.15, 0.2) is 18.2 Å². The molecular weight excluding hydrogens is 769 g/mol. The van der Waals surface area contributed by atoms with Crippen LogP contribution in [0.4, 0.5) is 0 Å². The third kappa shape index (κ3) is 13.7. The molecule has 0 aromatic heterocycles. The lowest BCUT2D eigenvalue weighted by molar-refractivity contribution is -0.161. The lowest BCUT2D eigenvalue weighted by Gasteiger charge is -2.31. The second-order valence-corrected chi connectivity index (χ2v) is 16.5. The van der Waals surface area contributed by atoms with Crippen molar-refractivity contribution in [2.24, 2.45) is 5.92 Å². The molecule has 1 aliphatic carbocycles. The van der Waals surface area contributed by atoms with Gasteiger partial charge in [0.2, 0.25) is 11.8 Å². The number of amides is 4. The van der Waals surface area contributed by atoms with Gasteiger partial charge in [0.1, 0.15) is 23.1 Å². The van der Waals surface area contributed by atoms with E-state index in [0.29, 0.717) is 48.3 Å². The van der Waals surface area contributed by atoms with Crippen LogP contribution >= 0.6 is 0 Å². The van der Waals surface area contributed by atoms with E-state index in [2.05, 4.69) is 21.3 Å². The Bertz CT molecular complexity index is 1940. The highest BCUT2D eigenvalue weighted by molar-refractivity contribution is 5.91. The Morgan fingerprint density at radius 3 is 2.27 bits per heavy atom. The number of aliphatic hydroxyl groups is 1. The Balaban J connectivity index is 1.32. The highest BCUT2D eigenvalue weighted by Gasteiger charge is 2.37. The number of carbonyl (C=O) groups is 6. The van der Waals surface area contributed by atoms with Gasteiger partial charge in [-0.1, -0.05) is 87.2 Å². The summed E-state index contributed by atoms with van der Waals surface area (Å²) < 4.78 is 17.6. The first-order valence-electron chi connectivity index (χ1n) is 20.9. The van der Waals surface area contributed by atoms with Crippen LogP contribution in [0.2, 0.25) is 0 Å². The molecular formula is C46H58N4O10. The third-order valence-corrected chi connectivity index (χ3v) is 10.4. The predicted molar refractivity (Wildman–Crippen MR) is 222 cm³/mol. The largest absolute Gasteiger partial charge is 0.458 e. The lowest BCUT2D eigenvalue weighted by Crippen LogP contribution is -2.55. The first kappa shape index (κ1) is 45.3. The molecule has 1 fully saturated rings. The average molecular weight is 827 g/mol. The summed E-state index contributed by atoms with van der Waals surface area (Å²) in [5, 5.41) is 21.9. The first-order chi connectivity index (χ1) is 28.7. The molecule has 1 saturated carbocycles. The summed E-state index contributed by atoms with van der Waals surface area (Å²) in [5.74, 6) is -3.28. The Labute approximate surface area is 351 Å². The highest BCUT2D eigenvalue weighted by atomic mass is 16.6. The first-order valence-corrected chi connectivity index (χ1v) is 20.9. The molecule has 60 heavy (non-hydrogen) atoms. The molecule has 322 valence electrons. The Hall–Kier alpha value is -5.76. The molecule has 4 amide bonds. The molecule has 3 aliphatic rings. The topological polar surface area (TPSA) is 198 Å². The average Bonchev–Trinajstić information content (AvgIpc) is 3.22. The SMILES string of the molecule is CCCC(NC(=O)C1Cc2cccc(c2)Oc2ccc(cc2)CCC(=O)N[C@@H](C2CCCCC2)C(=O)O1)C(O)C(=O)NCC(=O)NC(C(=O)OC(C)(C)C)c1ccccc1. The fraction of sp³-hybridized carbons (Fsp3) is 0.478. The molecule has 14 nitrogen and oxygen atoms in total. The van der Waals surface area contributed by atoms with Gasteiger partial charge in [0, 0.05) is 12.8 Å². The number of hydrogen-bond acceptors (Lipinski definition) is 10. The van der Waals surface area contributed by atoms with Gasteiger partial charge in [-0.15, -0.1) is 0 Å². The Morgan fingerprint density at radius 1 is 0.867 bits per heavy atom. The summed E-state index contributed by atoms with van der Waals surface area (Å²) in [7, 11) is 0. The molecule has 4 bridgehead atoms. The molecule has 5 N–H and O–H groups in total. The van der Waals surface area contributed by atoms with Crippen LogP contribution in [0.3, 0.4) is 0 Å². The van der Waals surface area contributed by atoms with Crippen molar-refractivity contribution in [1.82, 2.24) is 21.3 Å². The van der Waals surface area contributed by atoms with Crippen molar-refractivity contribution >= 4 is 35.6 Å². The van der Waals surface area contributed by atoms with E-state index in [1.165, 1.54) is 0 Å². The van der Waals surface area contributed by atoms with Crippen LogP contribution in [0, 0.1) is 5.92 Å². The van der Waals surface area contributed by atoms with Crippen LogP contribution in [-0.4, -0.2) is 77.1 Å². The van der Waals surface area contributed by atoms with Gasteiger partial charge in [-0.05, 0) is 93.3 Å². The van der Waals surface area contributed by atoms with Crippen LogP contribution in [0.1, 0.15) is 102 Å². The van der Waals surface area contributed by atoms with Crippen LogP contribution in [-0.2, 0) is 51.1 Å². The van der Waals surface area contributed by atoms with Gasteiger partial charge < -0.3 is 40.6 Å². The summed E-state index contributed by atoms with van der Waals surface area (Å²) in [6, 6.07) is 19.7. The van der Waals surface area contributed by atoms with Crippen molar-refractivity contribution < 1.29 is 48.1 Å². The van der Waals surface area contributed by atoms with Gasteiger partial charge in [-0.2, -0.15) is 0 Å². The normalized spacial score (nSPS) is 19.2. The molecule has 4 unspecified atom stereocenters. The van der Waals surface area contributed by atoms with Crippen LogP contribution in [0.5, 0.6) is 11.5 Å². The molecule has 14 heteroatoms. The van der Waals surface area contributed by atoms with Crippen molar-refractivity contribution in [1.29, 1.82) is 0 Å². The zero-order valence-electron chi connectivity index (χ0n) is 34.9. The van der Waals surface area contributed by atoms with E-state index in [0.717, 1.165) is 24.8 Å². The van der Waals surface area contributed by atoms with Gasteiger partial charge in [0.25, 0.3) is 11.8 Å². The number of fused-ring (bicyclic) bond motifs is 10. The van der Waals surface area contributed by atoms with E-state index in [1.807, 2.05) is 31.2 Å². The summed E-state index contributed by atoms with van der Waals surface area (Å²) >= 11 is 0. The monoisotopic (exact) mass is 826 g/mol. The van der Waals surface area contributed by atoms with Crippen molar-refractivity contribution in [3.63, 3.8) is 0 Å². The van der Waals surface area contributed by atoms with Crippen molar-refractivity contribution in [2.45, 2.75) is 128 Å². The zero-order chi connectivity index (χ0) is 43.2. The number of nitrogens with one attached hydrogen (secondary N) is 4. The van der Waals surface area contributed by atoms with Crippen molar-refractivity contribution in [3.05, 3.63) is 95.6 Å². The lowest BCUT2D eigenvalue weighted by atomic mass is 9.83. The number of hydrogen-bond donors (Lipinski definition) is 5. The molecule has 2 aliphatic heterocycles. The Morgan fingerprint density at radius 2 is 1.58 bits per heavy atom. The van der Waals surface area contributed by atoms with Crippen LogP contribution < -0.4 is 26.0 Å². The number of carbonyl (C=O) groups excluding carboxylic acids is 6. The summed E-state index contributed by atoms with van der Waals surface area (Å²) in [5.41, 5.74) is 1.19. The maximum atomic E-state index is 14.2. The smallest absolute Gasteiger partial charge is 0.333 e. The fourth-order valence-corrected chi connectivity index (χ4v) is 7.40. The fourth-order valence-electron chi connectivity index (χ4n) is 7.40. The third-order valence-electron chi connectivity index (χ3n) is 10.4. The summed E-state index contributed by atoms with van der Waals surface area (Å²) in [4.78, 5) is 81.0. The van der Waals surface area contributed by atoms with Crippen LogP contribution in [0.15, 0.2) is 78.9 Å². The molecule has 5 atom stereocenters. The van der Waals surface area contributed by atoms with E-state index in [1.54, 1.807) is 75.4 Å². The van der Waals surface area contributed by atoms with E-state index in [4.69, 9.17) is 14.2 Å². The number of aliphatic hydroxyl groups excluding tert-OH is 1. The molecule has 6 rings (SSSR count). The second kappa shape index (κ2) is 21.5. The number of benzene rings is 3. The maximum absolute atomic E-state index is 14.2. The predicted octanol–water partition coefficient (Wildman–Crippen LogP) is 4.91. The quantitative estimate of drug-likeness (QED) is 0.157. The molecule has 0 spiro atoms. The highest BCUT2D eigenvalue weighted by Crippen LogP contribution is 2.29. The van der Waals surface area contributed by atoms with Gasteiger partial charge in [-0.3, -0.25) is 19.2 Å². The molecule has 0 saturated heterocycles. The minimum Gasteiger partial charge on any atom is -0.458 e. The van der Waals surface area contributed by atoms with Crippen molar-refractivity contribution in [2.75, 3.05) is 6.54 Å². The molecule has 2 heterocycles. The van der Waals surface area contributed by atoms with E-state index < -0.39 is 72.1 Å². The van der Waals surface area contributed by atoms with E-state index in [9.17, 15) is 33.9 Å². The number of aryl methyl sites for hydroxylation is 1. The van der Waals surface area contributed by atoms with Gasteiger partial charge in [-0.25, -0.2) is 9.59 Å².